The second-order valence-electron chi connectivity index (χ2n) is 10.6. The van der Waals surface area contributed by atoms with E-state index in [0.29, 0.717) is 32.5 Å². The molecule has 1 aliphatic carbocycles. The van der Waals surface area contributed by atoms with Crippen molar-refractivity contribution in [1.29, 1.82) is 0 Å². The summed E-state index contributed by atoms with van der Waals surface area (Å²) in [4.78, 5) is 0. The molecule has 9 nitrogen and oxygen atoms in total. The third-order valence-electron chi connectivity index (χ3n) is 5.53. The molecule has 11 N–H and O–H groups in total. The fourth-order valence-electron chi connectivity index (χ4n) is 3.41. The highest BCUT2D eigenvalue weighted by Crippen LogP contribution is 2.32. The van der Waals surface area contributed by atoms with Crippen LogP contribution in [0.3, 0.4) is 0 Å². The fourth-order valence-corrected chi connectivity index (χ4v) is 3.41. The molecule has 4 rings (SSSR count). The van der Waals surface area contributed by atoms with Gasteiger partial charge < -0.3 is 48.2 Å². The number of nitrogens with one attached hydrogen (secondary N) is 1. The van der Waals surface area contributed by atoms with Crippen LogP contribution in [0.4, 0.5) is 0 Å². The SMILES string of the molecule is CC(C)C.CNCc1ccccc1.COCCN.NC1CCCCC1.NCCCCN.NCc1ccc2c(c1)OCO2. The van der Waals surface area contributed by atoms with Gasteiger partial charge >= 0.3 is 0 Å². The van der Waals surface area contributed by atoms with Gasteiger partial charge in [0.15, 0.2) is 11.5 Å². The topological polar surface area (TPSA) is 170 Å². The van der Waals surface area contributed by atoms with Gasteiger partial charge in [-0.25, -0.2) is 0 Å². The van der Waals surface area contributed by atoms with E-state index in [-0.39, 0.29) is 0 Å². The lowest BCUT2D eigenvalue weighted by Crippen LogP contribution is -2.22. The standard InChI is InChI=1S/C8H9NO2.C8H11N.C6H13N.C4H12N2.C4H10.C3H9NO/c9-4-6-1-2-7-8(3-6)11-5-10-7;1-9-7-8-5-3-2-4-6-8;7-6-4-2-1-3-5-6;5-3-1-2-4-6;1-4(2)3;1-5-3-2-4/h1-3H,4-5,9H2;2-6,9H,7H2,1H3;6H,1-5,7H2;1-6H2;4H,1-3H3;2-4H2,1H3. The van der Waals surface area contributed by atoms with Gasteiger partial charge in [0, 0.05) is 32.8 Å². The third-order valence-corrected chi connectivity index (χ3v) is 5.53. The molecule has 0 unspecified atom stereocenters. The van der Waals surface area contributed by atoms with Gasteiger partial charge in [0.2, 0.25) is 6.79 Å². The van der Waals surface area contributed by atoms with Gasteiger partial charge in [0.1, 0.15) is 0 Å². The van der Waals surface area contributed by atoms with E-state index in [1.165, 1.54) is 37.7 Å². The van der Waals surface area contributed by atoms with E-state index in [2.05, 4.69) is 43.0 Å². The van der Waals surface area contributed by atoms with Gasteiger partial charge in [0.05, 0.1) is 6.61 Å². The van der Waals surface area contributed by atoms with Crippen molar-refractivity contribution in [2.75, 3.05) is 47.2 Å². The zero-order valence-electron chi connectivity index (χ0n) is 27.3. The summed E-state index contributed by atoms with van der Waals surface area (Å²) in [6.07, 6.45) is 8.79. The number of hydrogen-bond donors (Lipinski definition) is 6. The zero-order chi connectivity index (χ0) is 31.8. The van der Waals surface area contributed by atoms with Crippen LogP contribution in [0.5, 0.6) is 11.5 Å². The smallest absolute Gasteiger partial charge is 0.231 e. The largest absolute Gasteiger partial charge is 0.454 e. The molecule has 0 spiro atoms. The lowest BCUT2D eigenvalue weighted by molar-refractivity contribution is 0.174. The number of benzene rings is 2. The van der Waals surface area contributed by atoms with Crippen molar-refractivity contribution in [3.8, 4) is 11.5 Å². The summed E-state index contributed by atoms with van der Waals surface area (Å²) in [5.41, 5.74) is 28.8. The van der Waals surface area contributed by atoms with Crippen LogP contribution in [-0.4, -0.2) is 53.2 Å². The summed E-state index contributed by atoms with van der Waals surface area (Å²) >= 11 is 0. The summed E-state index contributed by atoms with van der Waals surface area (Å²) in [5, 5.41) is 3.08. The third kappa shape index (κ3) is 27.9. The van der Waals surface area contributed by atoms with Crippen LogP contribution >= 0.6 is 0 Å². The summed E-state index contributed by atoms with van der Waals surface area (Å²) in [5.74, 6) is 2.44. The highest BCUT2D eigenvalue weighted by molar-refractivity contribution is 5.44. The Kier molecular flexibility index (Phi) is 31.6. The van der Waals surface area contributed by atoms with Crippen LogP contribution in [0.2, 0.25) is 0 Å². The van der Waals surface area contributed by atoms with Crippen molar-refractivity contribution in [1.82, 2.24) is 5.32 Å². The maximum Gasteiger partial charge on any atom is 0.231 e. The van der Waals surface area contributed by atoms with Crippen molar-refractivity contribution in [3.63, 3.8) is 0 Å². The van der Waals surface area contributed by atoms with Crippen LogP contribution in [0.25, 0.3) is 0 Å². The number of methoxy groups -OCH3 is 1. The van der Waals surface area contributed by atoms with Crippen molar-refractivity contribution < 1.29 is 14.2 Å². The van der Waals surface area contributed by atoms with E-state index < -0.39 is 0 Å². The Morgan fingerprint density at radius 1 is 0.810 bits per heavy atom. The van der Waals surface area contributed by atoms with Crippen LogP contribution in [0.1, 0.15) is 76.8 Å². The minimum Gasteiger partial charge on any atom is -0.454 e. The zero-order valence-corrected chi connectivity index (χ0v) is 27.3. The Morgan fingerprint density at radius 3 is 1.79 bits per heavy atom. The monoisotopic (exact) mass is 593 g/mol. The lowest BCUT2D eigenvalue weighted by Gasteiger charge is -2.15. The van der Waals surface area contributed by atoms with Gasteiger partial charge in [-0.1, -0.05) is 76.4 Å². The molecular formula is C33H64N6O3. The van der Waals surface area contributed by atoms with Gasteiger partial charge in [-0.15, -0.1) is 0 Å². The number of ether oxygens (including phenoxy) is 3. The first kappa shape index (κ1) is 41.9. The number of fused-ring (bicyclic) bond motifs is 1. The van der Waals surface area contributed by atoms with Crippen LogP contribution in [0, 0.1) is 5.92 Å². The molecule has 2 aliphatic rings. The lowest BCUT2D eigenvalue weighted by atomic mass is 9.97. The van der Waals surface area contributed by atoms with E-state index in [0.717, 1.165) is 55.5 Å². The van der Waals surface area contributed by atoms with E-state index in [4.69, 9.17) is 38.1 Å². The Bertz CT molecular complexity index is 797. The predicted octanol–water partition coefficient (Wildman–Crippen LogP) is 4.50. The average Bonchev–Trinajstić information content (AvgIpc) is 3.47. The molecule has 0 bridgehead atoms. The molecule has 0 amide bonds. The van der Waals surface area contributed by atoms with Gasteiger partial charge in [0.25, 0.3) is 0 Å². The molecule has 0 atom stereocenters. The Morgan fingerprint density at radius 2 is 1.38 bits per heavy atom. The summed E-state index contributed by atoms with van der Waals surface area (Å²) in [7, 11) is 3.58. The molecule has 2 aromatic carbocycles. The number of nitrogens with two attached hydrogens (primary N) is 5. The second kappa shape index (κ2) is 31.7. The second-order valence-corrected chi connectivity index (χ2v) is 10.6. The van der Waals surface area contributed by atoms with Crippen LogP contribution < -0.4 is 43.5 Å². The molecule has 0 saturated heterocycles. The number of hydrogen-bond acceptors (Lipinski definition) is 9. The molecule has 9 heteroatoms. The van der Waals surface area contributed by atoms with E-state index >= 15 is 0 Å². The Labute approximate surface area is 257 Å². The van der Waals surface area contributed by atoms with Crippen molar-refractivity contribution in [2.24, 2.45) is 34.6 Å². The molecule has 244 valence electrons. The maximum absolute atomic E-state index is 5.63. The minimum absolute atomic E-state index is 0.323. The first-order valence-corrected chi connectivity index (χ1v) is 15.4. The molecule has 1 aliphatic heterocycles. The average molecular weight is 593 g/mol. The molecule has 0 aromatic heterocycles. The first-order chi connectivity index (χ1) is 20.3. The van der Waals surface area contributed by atoms with Gasteiger partial charge in [-0.2, -0.15) is 0 Å². The van der Waals surface area contributed by atoms with Crippen LogP contribution in [0.15, 0.2) is 48.5 Å². The summed E-state index contributed by atoms with van der Waals surface area (Å²) in [6.45, 7) is 11.2. The van der Waals surface area contributed by atoms with Crippen LogP contribution in [-0.2, 0) is 17.8 Å². The molecule has 2 aromatic rings. The summed E-state index contributed by atoms with van der Waals surface area (Å²) in [6, 6.07) is 16.6. The fraction of sp³-hybridized carbons (Fsp3) is 0.636. The molecule has 1 fully saturated rings. The normalized spacial score (nSPS) is 12.9. The van der Waals surface area contributed by atoms with Gasteiger partial charge in [-0.05, 0) is 75.0 Å². The quantitative estimate of drug-likeness (QED) is 0.242. The highest BCUT2D eigenvalue weighted by Gasteiger charge is 2.12. The molecule has 1 saturated carbocycles. The molecule has 1 heterocycles. The number of unbranched alkanes of at least 4 members (excludes halogenated alkanes) is 1. The summed E-state index contributed by atoms with van der Waals surface area (Å²) < 4.78 is 14.9. The first-order valence-electron chi connectivity index (χ1n) is 15.4. The van der Waals surface area contributed by atoms with E-state index in [1.54, 1.807) is 7.11 Å². The predicted molar refractivity (Wildman–Crippen MR) is 180 cm³/mol. The van der Waals surface area contributed by atoms with Crippen molar-refractivity contribution in [3.05, 3.63) is 59.7 Å². The molecule has 0 radical (unpaired) electrons. The molecule has 42 heavy (non-hydrogen) atoms. The van der Waals surface area contributed by atoms with E-state index in [1.807, 2.05) is 43.4 Å². The number of rotatable bonds is 8. The van der Waals surface area contributed by atoms with Gasteiger partial charge in [-0.3, -0.25) is 0 Å². The molecular weight excluding hydrogens is 528 g/mol. The Hall–Kier alpha value is -2.24. The van der Waals surface area contributed by atoms with Crippen molar-refractivity contribution >= 4 is 0 Å². The maximum atomic E-state index is 5.63. The van der Waals surface area contributed by atoms with E-state index in [9.17, 15) is 0 Å². The Balaban J connectivity index is 0. The van der Waals surface area contributed by atoms with Crippen molar-refractivity contribution in [2.45, 2.75) is 84.8 Å². The minimum atomic E-state index is 0.323. The highest BCUT2D eigenvalue weighted by atomic mass is 16.7.